The van der Waals surface area contributed by atoms with Crippen molar-refractivity contribution in [3.63, 3.8) is 0 Å². The van der Waals surface area contributed by atoms with E-state index in [2.05, 4.69) is 15.3 Å². The van der Waals surface area contributed by atoms with Crippen LogP contribution in [0.15, 0.2) is 48.5 Å². The normalized spacial score (nSPS) is 10.9. The van der Waals surface area contributed by atoms with E-state index in [1.807, 2.05) is 62.4 Å². The molecule has 0 amide bonds. The van der Waals surface area contributed by atoms with E-state index >= 15 is 0 Å². The Labute approximate surface area is 117 Å². The fraction of sp³-hybridized carbons (Fsp3) is 0.188. The Bertz CT molecular complexity index is 668. The number of ether oxygens (including phenoxy) is 1. The van der Waals surface area contributed by atoms with Crippen molar-refractivity contribution < 1.29 is 4.74 Å². The topological polar surface area (TPSA) is 49.9 Å². The first kappa shape index (κ1) is 12.5. The van der Waals surface area contributed by atoms with Gasteiger partial charge in [0.15, 0.2) is 0 Å². The SMILES string of the molecule is CC(C)Oc1ccc(Nc2nc3ccccc3[nH]2)cc1. The van der Waals surface area contributed by atoms with Gasteiger partial charge in [-0.3, -0.25) is 0 Å². The van der Waals surface area contributed by atoms with Crippen molar-refractivity contribution in [2.24, 2.45) is 0 Å². The third-order valence-corrected chi connectivity index (χ3v) is 2.88. The van der Waals surface area contributed by atoms with Gasteiger partial charge in [0.1, 0.15) is 5.75 Å². The Morgan fingerprint density at radius 1 is 1.05 bits per heavy atom. The van der Waals surface area contributed by atoms with E-state index in [0.29, 0.717) is 0 Å². The van der Waals surface area contributed by atoms with Crippen molar-refractivity contribution in [1.82, 2.24) is 9.97 Å². The number of aromatic amines is 1. The average Bonchev–Trinajstić information content (AvgIpc) is 2.82. The number of benzene rings is 2. The van der Waals surface area contributed by atoms with Gasteiger partial charge in [0.05, 0.1) is 17.1 Å². The van der Waals surface area contributed by atoms with Crippen molar-refractivity contribution in [2.75, 3.05) is 5.32 Å². The minimum atomic E-state index is 0.184. The number of fused-ring (bicyclic) bond motifs is 1. The van der Waals surface area contributed by atoms with Gasteiger partial charge in [0, 0.05) is 5.69 Å². The number of hydrogen-bond donors (Lipinski definition) is 2. The molecule has 0 saturated heterocycles. The van der Waals surface area contributed by atoms with Gasteiger partial charge in [-0.2, -0.15) is 0 Å². The zero-order valence-corrected chi connectivity index (χ0v) is 11.6. The fourth-order valence-electron chi connectivity index (χ4n) is 2.04. The Morgan fingerprint density at radius 3 is 2.50 bits per heavy atom. The summed E-state index contributed by atoms with van der Waals surface area (Å²) >= 11 is 0. The zero-order chi connectivity index (χ0) is 13.9. The largest absolute Gasteiger partial charge is 0.491 e. The molecule has 0 spiro atoms. The van der Waals surface area contributed by atoms with E-state index < -0.39 is 0 Å². The van der Waals surface area contributed by atoms with Crippen LogP contribution < -0.4 is 10.1 Å². The van der Waals surface area contributed by atoms with Crippen molar-refractivity contribution in [3.8, 4) is 5.75 Å². The third kappa shape index (κ3) is 2.74. The van der Waals surface area contributed by atoms with Crippen LogP contribution in [0.4, 0.5) is 11.6 Å². The highest BCUT2D eigenvalue weighted by Crippen LogP contribution is 2.21. The van der Waals surface area contributed by atoms with Crippen molar-refractivity contribution in [2.45, 2.75) is 20.0 Å². The number of H-pyrrole nitrogens is 1. The maximum atomic E-state index is 5.62. The molecule has 3 rings (SSSR count). The predicted octanol–water partition coefficient (Wildman–Crippen LogP) is 4.09. The van der Waals surface area contributed by atoms with E-state index in [9.17, 15) is 0 Å². The standard InChI is InChI=1S/C16H17N3O/c1-11(2)20-13-9-7-12(8-10-13)17-16-18-14-5-3-4-6-15(14)19-16/h3-11H,1-2H3,(H2,17,18,19). The number of nitrogens with zero attached hydrogens (tertiary/aromatic N) is 1. The minimum absolute atomic E-state index is 0.184. The molecular weight excluding hydrogens is 250 g/mol. The number of imidazole rings is 1. The van der Waals surface area contributed by atoms with Gasteiger partial charge >= 0.3 is 0 Å². The second-order valence-electron chi connectivity index (χ2n) is 4.92. The van der Waals surface area contributed by atoms with Gasteiger partial charge in [-0.1, -0.05) is 12.1 Å². The van der Waals surface area contributed by atoms with Crippen molar-refractivity contribution in [3.05, 3.63) is 48.5 Å². The highest BCUT2D eigenvalue weighted by atomic mass is 16.5. The first-order chi connectivity index (χ1) is 9.70. The van der Waals surface area contributed by atoms with E-state index in [4.69, 9.17) is 4.74 Å². The van der Waals surface area contributed by atoms with E-state index in [0.717, 1.165) is 28.4 Å². The van der Waals surface area contributed by atoms with Gasteiger partial charge < -0.3 is 15.0 Å². The van der Waals surface area contributed by atoms with E-state index in [1.54, 1.807) is 0 Å². The van der Waals surface area contributed by atoms with Crippen LogP contribution in [0.2, 0.25) is 0 Å². The van der Waals surface area contributed by atoms with Crippen LogP contribution in [0.3, 0.4) is 0 Å². The molecule has 1 heterocycles. The number of para-hydroxylation sites is 2. The first-order valence-corrected chi connectivity index (χ1v) is 6.69. The quantitative estimate of drug-likeness (QED) is 0.748. The Morgan fingerprint density at radius 2 is 1.80 bits per heavy atom. The van der Waals surface area contributed by atoms with Gasteiger partial charge in [0.25, 0.3) is 0 Å². The predicted molar refractivity (Wildman–Crippen MR) is 81.6 cm³/mol. The molecule has 0 fully saturated rings. The molecule has 2 aromatic carbocycles. The highest BCUT2D eigenvalue weighted by Gasteiger charge is 2.03. The second-order valence-corrected chi connectivity index (χ2v) is 4.92. The summed E-state index contributed by atoms with van der Waals surface area (Å²) in [7, 11) is 0. The van der Waals surface area contributed by atoms with Gasteiger partial charge in [-0.05, 0) is 50.2 Å². The summed E-state index contributed by atoms with van der Waals surface area (Å²) in [6.45, 7) is 4.03. The summed E-state index contributed by atoms with van der Waals surface area (Å²) in [5.74, 6) is 1.61. The number of rotatable bonds is 4. The van der Waals surface area contributed by atoms with E-state index in [-0.39, 0.29) is 6.10 Å². The Kier molecular flexibility index (Phi) is 3.29. The number of anilines is 2. The van der Waals surface area contributed by atoms with Gasteiger partial charge in [-0.25, -0.2) is 4.98 Å². The van der Waals surface area contributed by atoms with Gasteiger partial charge in [-0.15, -0.1) is 0 Å². The maximum Gasteiger partial charge on any atom is 0.205 e. The smallest absolute Gasteiger partial charge is 0.205 e. The summed E-state index contributed by atoms with van der Waals surface area (Å²) < 4.78 is 5.62. The van der Waals surface area contributed by atoms with Crippen LogP contribution >= 0.6 is 0 Å². The molecule has 0 aliphatic heterocycles. The lowest BCUT2D eigenvalue weighted by molar-refractivity contribution is 0.242. The molecule has 4 heteroatoms. The number of nitrogens with one attached hydrogen (secondary N) is 2. The van der Waals surface area contributed by atoms with Gasteiger partial charge in [0.2, 0.25) is 5.95 Å². The molecule has 0 aliphatic carbocycles. The molecule has 0 aliphatic rings. The van der Waals surface area contributed by atoms with Crippen molar-refractivity contribution in [1.29, 1.82) is 0 Å². The molecular formula is C16H17N3O. The minimum Gasteiger partial charge on any atom is -0.491 e. The molecule has 3 aromatic rings. The lowest BCUT2D eigenvalue weighted by atomic mass is 10.3. The molecule has 0 saturated carbocycles. The Balaban J connectivity index is 1.76. The van der Waals surface area contributed by atoms with Crippen LogP contribution in [0, 0.1) is 0 Å². The number of aromatic nitrogens is 2. The fourth-order valence-corrected chi connectivity index (χ4v) is 2.04. The second kappa shape index (κ2) is 5.25. The van der Waals surface area contributed by atoms with Crippen LogP contribution in [-0.2, 0) is 0 Å². The maximum absolute atomic E-state index is 5.62. The molecule has 0 atom stereocenters. The third-order valence-electron chi connectivity index (χ3n) is 2.88. The lowest BCUT2D eigenvalue weighted by Crippen LogP contribution is -2.05. The summed E-state index contributed by atoms with van der Waals surface area (Å²) in [6, 6.07) is 15.8. The van der Waals surface area contributed by atoms with Crippen LogP contribution in [0.25, 0.3) is 11.0 Å². The lowest BCUT2D eigenvalue weighted by Gasteiger charge is -2.10. The van der Waals surface area contributed by atoms with Crippen LogP contribution in [0.5, 0.6) is 5.75 Å². The molecule has 1 aromatic heterocycles. The molecule has 0 unspecified atom stereocenters. The number of hydrogen-bond acceptors (Lipinski definition) is 3. The van der Waals surface area contributed by atoms with Crippen LogP contribution in [0.1, 0.15) is 13.8 Å². The summed E-state index contributed by atoms with van der Waals surface area (Å²) in [5, 5.41) is 3.25. The summed E-state index contributed by atoms with van der Waals surface area (Å²) in [5.41, 5.74) is 2.95. The van der Waals surface area contributed by atoms with Crippen molar-refractivity contribution >= 4 is 22.7 Å². The molecule has 2 N–H and O–H groups in total. The molecule has 4 nitrogen and oxygen atoms in total. The Hall–Kier alpha value is -2.49. The van der Waals surface area contributed by atoms with Crippen LogP contribution in [-0.4, -0.2) is 16.1 Å². The average molecular weight is 267 g/mol. The molecule has 0 radical (unpaired) electrons. The summed E-state index contributed by atoms with van der Waals surface area (Å²) in [6.07, 6.45) is 0.184. The van der Waals surface area contributed by atoms with E-state index in [1.165, 1.54) is 0 Å². The molecule has 0 bridgehead atoms. The monoisotopic (exact) mass is 267 g/mol. The zero-order valence-electron chi connectivity index (χ0n) is 11.6. The highest BCUT2D eigenvalue weighted by molar-refractivity contribution is 5.78. The molecule has 20 heavy (non-hydrogen) atoms. The molecule has 102 valence electrons. The first-order valence-electron chi connectivity index (χ1n) is 6.69. The summed E-state index contributed by atoms with van der Waals surface area (Å²) in [4.78, 5) is 7.72.